The summed E-state index contributed by atoms with van der Waals surface area (Å²) in [7, 11) is -2.40. The Labute approximate surface area is 123 Å². The van der Waals surface area contributed by atoms with Gasteiger partial charge in [0.2, 0.25) is 0 Å². The molecule has 0 saturated heterocycles. The molecule has 0 fully saturated rings. The first-order valence-electron chi connectivity index (χ1n) is 6.27. The molecule has 0 aliphatic carbocycles. The number of hydrogen-bond acceptors (Lipinski definition) is 5. The second-order valence-electron chi connectivity index (χ2n) is 5.59. The highest BCUT2D eigenvalue weighted by Crippen LogP contribution is 2.29. The third kappa shape index (κ3) is 3.06. The topological polar surface area (TPSA) is 100 Å². The van der Waals surface area contributed by atoms with Gasteiger partial charge in [-0.3, -0.25) is 4.57 Å². The van der Waals surface area contributed by atoms with Crippen molar-refractivity contribution in [2.75, 3.05) is 7.11 Å². The second kappa shape index (κ2) is 5.12. The zero-order chi connectivity index (χ0) is 15.8. The Balaban J connectivity index is 2.73. The van der Waals surface area contributed by atoms with Crippen LogP contribution in [0.5, 0.6) is 5.75 Å². The number of sulfonamides is 1. The monoisotopic (exact) mass is 310 g/mol. The molecule has 0 amide bonds. The molecular weight excluding hydrogens is 292 g/mol. The van der Waals surface area contributed by atoms with Gasteiger partial charge in [-0.15, -0.1) is 10.2 Å². The van der Waals surface area contributed by atoms with Crippen LogP contribution in [0.15, 0.2) is 29.4 Å². The number of benzene rings is 1. The molecule has 1 aromatic heterocycles. The van der Waals surface area contributed by atoms with E-state index in [1.807, 2.05) is 26.8 Å². The molecule has 2 aromatic rings. The Morgan fingerprint density at radius 1 is 1.24 bits per heavy atom. The van der Waals surface area contributed by atoms with Crippen LogP contribution in [0.3, 0.4) is 0 Å². The molecule has 1 aromatic carbocycles. The molecule has 0 bridgehead atoms. The first-order chi connectivity index (χ1) is 9.64. The summed E-state index contributed by atoms with van der Waals surface area (Å²) in [6.45, 7) is 5.57. The molecule has 8 heteroatoms. The summed E-state index contributed by atoms with van der Waals surface area (Å²) < 4.78 is 30.1. The fourth-order valence-electron chi connectivity index (χ4n) is 2.01. The Bertz CT molecular complexity index is 760. The van der Waals surface area contributed by atoms with Crippen LogP contribution < -0.4 is 9.88 Å². The largest absolute Gasteiger partial charge is 0.497 e. The molecule has 0 aliphatic rings. The molecule has 0 aliphatic heterocycles. The molecule has 0 atom stereocenters. The summed E-state index contributed by atoms with van der Waals surface area (Å²) in [6.07, 6.45) is 0. The Morgan fingerprint density at radius 3 is 2.43 bits per heavy atom. The lowest BCUT2D eigenvalue weighted by molar-refractivity contribution is 0.366. The van der Waals surface area contributed by atoms with E-state index in [0.29, 0.717) is 17.1 Å². The van der Waals surface area contributed by atoms with Crippen molar-refractivity contribution in [3.05, 3.63) is 24.3 Å². The van der Waals surface area contributed by atoms with Gasteiger partial charge in [0.15, 0.2) is 5.82 Å². The minimum absolute atomic E-state index is 0.257. The molecule has 114 valence electrons. The maximum atomic E-state index is 11.7. The van der Waals surface area contributed by atoms with Crippen LogP contribution in [-0.2, 0) is 15.6 Å². The van der Waals surface area contributed by atoms with E-state index in [2.05, 4.69) is 10.2 Å². The maximum absolute atomic E-state index is 11.7. The van der Waals surface area contributed by atoms with Crippen LogP contribution in [-0.4, -0.2) is 30.3 Å². The number of hydrogen-bond donors (Lipinski definition) is 1. The summed E-state index contributed by atoms with van der Waals surface area (Å²) >= 11 is 0. The van der Waals surface area contributed by atoms with E-state index in [-0.39, 0.29) is 5.16 Å². The van der Waals surface area contributed by atoms with Crippen LogP contribution in [0.25, 0.3) is 11.4 Å². The van der Waals surface area contributed by atoms with Crippen molar-refractivity contribution >= 4 is 10.0 Å². The van der Waals surface area contributed by atoms with E-state index >= 15 is 0 Å². The highest BCUT2D eigenvalue weighted by molar-refractivity contribution is 7.89. The van der Waals surface area contributed by atoms with E-state index in [1.165, 1.54) is 4.57 Å². The summed E-state index contributed by atoms with van der Waals surface area (Å²) in [5, 5.41) is 12.7. The third-order valence-electron chi connectivity index (χ3n) is 2.89. The van der Waals surface area contributed by atoms with Gasteiger partial charge in [0.25, 0.3) is 15.2 Å². The number of ether oxygens (including phenoxy) is 1. The number of nitrogens with zero attached hydrogens (tertiary/aromatic N) is 3. The van der Waals surface area contributed by atoms with Crippen molar-refractivity contribution in [2.45, 2.75) is 31.5 Å². The fraction of sp³-hybridized carbons (Fsp3) is 0.385. The van der Waals surface area contributed by atoms with Crippen LogP contribution in [0.2, 0.25) is 0 Å². The first kappa shape index (κ1) is 15.5. The molecule has 0 radical (unpaired) electrons. The van der Waals surface area contributed by atoms with Crippen molar-refractivity contribution in [3.8, 4) is 17.1 Å². The molecule has 21 heavy (non-hydrogen) atoms. The van der Waals surface area contributed by atoms with Gasteiger partial charge in [0, 0.05) is 11.1 Å². The number of primary sulfonamides is 1. The van der Waals surface area contributed by atoms with Crippen molar-refractivity contribution in [1.82, 2.24) is 14.8 Å². The third-order valence-corrected chi connectivity index (χ3v) is 3.66. The average molecular weight is 310 g/mol. The molecule has 7 nitrogen and oxygen atoms in total. The quantitative estimate of drug-likeness (QED) is 0.922. The molecule has 1 heterocycles. The zero-order valence-corrected chi connectivity index (χ0v) is 13.2. The highest BCUT2D eigenvalue weighted by Gasteiger charge is 2.29. The van der Waals surface area contributed by atoms with E-state index in [1.54, 1.807) is 25.3 Å². The Hall–Kier alpha value is -1.93. The second-order valence-corrected chi connectivity index (χ2v) is 7.04. The van der Waals surface area contributed by atoms with Crippen molar-refractivity contribution in [1.29, 1.82) is 0 Å². The molecule has 0 spiro atoms. The lowest BCUT2D eigenvalue weighted by Crippen LogP contribution is -2.29. The van der Waals surface area contributed by atoms with Crippen LogP contribution in [0, 0.1) is 0 Å². The molecule has 2 N–H and O–H groups in total. The lowest BCUT2D eigenvalue weighted by atomic mass is 10.1. The van der Waals surface area contributed by atoms with Gasteiger partial charge in [-0.2, -0.15) is 0 Å². The van der Waals surface area contributed by atoms with E-state index in [4.69, 9.17) is 9.88 Å². The number of rotatable bonds is 3. The van der Waals surface area contributed by atoms with Gasteiger partial charge in [0.1, 0.15) is 5.75 Å². The molecule has 0 saturated carbocycles. The van der Waals surface area contributed by atoms with Gasteiger partial charge in [-0.05, 0) is 32.9 Å². The SMILES string of the molecule is COc1cccc(-c2nnc(S(N)(=O)=O)n2C(C)(C)C)c1. The number of methoxy groups -OCH3 is 1. The zero-order valence-electron chi connectivity index (χ0n) is 12.4. The maximum Gasteiger partial charge on any atom is 0.273 e. The number of nitrogens with two attached hydrogens (primary N) is 1. The van der Waals surface area contributed by atoms with Gasteiger partial charge in [0.05, 0.1) is 7.11 Å². The molecular formula is C13H18N4O3S. The smallest absolute Gasteiger partial charge is 0.273 e. The lowest BCUT2D eigenvalue weighted by Gasteiger charge is -2.24. The van der Waals surface area contributed by atoms with Crippen LogP contribution >= 0.6 is 0 Å². The first-order valence-corrected chi connectivity index (χ1v) is 7.82. The standard InChI is InChI=1S/C13H18N4O3S/c1-13(2,3)17-11(15-16-12(17)21(14,18)19)9-6-5-7-10(8-9)20-4/h5-8H,1-4H3,(H2,14,18,19). The fourth-order valence-corrected chi connectivity index (χ4v) is 2.78. The van der Waals surface area contributed by atoms with E-state index in [9.17, 15) is 8.42 Å². The summed E-state index contributed by atoms with van der Waals surface area (Å²) in [4.78, 5) is 0. The summed E-state index contributed by atoms with van der Waals surface area (Å²) in [5.41, 5.74) is 0.149. The predicted molar refractivity (Wildman–Crippen MR) is 78.4 cm³/mol. The molecule has 2 rings (SSSR count). The van der Waals surface area contributed by atoms with Gasteiger partial charge < -0.3 is 4.74 Å². The Morgan fingerprint density at radius 2 is 1.90 bits per heavy atom. The van der Waals surface area contributed by atoms with Crippen LogP contribution in [0.1, 0.15) is 20.8 Å². The predicted octanol–water partition coefficient (Wildman–Crippen LogP) is 1.36. The highest BCUT2D eigenvalue weighted by atomic mass is 32.2. The van der Waals surface area contributed by atoms with Crippen molar-refractivity contribution in [3.63, 3.8) is 0 Å². The van der Waals surface area contributed by atoms with Gasteiger partial charge in [-0.25, -0.2) is 13.6 Å². The van der Waals surface area contributed by atoms with E-state index < -0.39 is 15.6 Å². The number of aromatic nitrogens is 3. The minimum atomic E-state index is -3.96. The van der Waals surface area contributed by atoms with Crippen molar-refractivity contribution in [2.24, 2.45) is 5.14 Å². The van der Waals surface area contributed by atoms with Gasteiger partial charge >= 0.3 is 0 Å². The molecule has 0 unspecified atom stereocenters. The minimum Gasteiger partial charge on any atom is -0.497 e. The summed E-state index contributed by atoms with van der Waals surface area (Å²) in [5.74, 6) is 1.07. The van der Waals surface area contributed by atoms with Crippen molar-refractivity contribution < 1.29 is 13.2 Å². The van der Waals surface area contributed by atoms with E-state index in [0.717, 1.165) is 0 Å². The Kier molecular flexibility index (Phi) is 3.77. The normalized spacial score (nSPS) is 12.4. The van der Waals surface area contributed by atoms with Gasteiger partial charge in [-0.1, -0.05) is 12.1 Å². The summed E-state index contributed by atoms with van der Waals surface area (Å²) in [6, 6.07) is 7.16. The van der Waals surface area contributed by atoms with Crippen LogP contribution in [0.4, 0.5) is 0 Å². The average Bonchev–Trinajstić information content (AvgIpc) is 2.83.